The fourth-order valence-corrected chi connectivity index (χ4v) is 1.95. The molecule has 0 saturated carbocycles. The average Bonchev–Trinajstić information content (AvgIpc) is 2.30. The van der Waals surface area contributed by atoms with Crippen LogP contribution in [0.2, 0.25) is 10.0 Å². The molecule has 0 unspecified atom stereocenters. The zero-order valence-corrected chi connectivity index (χ0v) is 10.1. The van der Waals surface area contributed by atoms with Gasteiger partial charge >= 0.3 is 0 Å². The van der Waals surface area contributed by atoms with Gasteiger partial charge in [-0.25, -0.2) is 4.39 Å². The van der Waals surface area contributed by atoms with Crippen molar-refractivity contribution in [2.24, 2.45) is 0 Å². The molecule has 0 amide bonds. The summed E-state index contributed by atoms with van der Waals surface area (Å²) in [5.41, 5.74) is 1.34. The fraction of sp³-hybridized carbons (Fsp3) is 0. The number of hydrogen-bond acceptors (Lipinski definition) is 1. The van der Waals surface area contributed by atoms with Gasteiger partial charge in [-0.1, -0.05) is 29.3 Å². The molecule has 0 aliphatic rings. The number of nitrogens with zero attached hydrogens (tertiary/aromatic N) is 1. The normalized spacial score (nSPS) is 10.0. The van der Waals surface area contributed by atoms with Gasteiger partial charge in [-0.05, 0) is 30.3 Å². The van der Waals surface area contributed by atoms with Crippen molar-refractivity contribution < 1.29 is 4.39 Å². The highest BCUT2D eigenvalue weighted by Gasteiger charge is 2.09. The van der Waals surface area contributed by atoms with E-state index >= 15 is 0 Å². The van der Waals surface area contributed by atoms with E-state index in [2.05, 4.69) is 0 Å². The summed E-state index contributed by atoms with van der Waals surface area (Å²) >= 11 is 11.7. The third-order valence-electron chi connectivity index (χ3n) is 2.32. The van der Waals surface area contributed by atoms with Gasteiger partial charge < -0.3 is 0 Å². The zero-order chi connectivity index (χ0) is 12.4. The van der Waals surface area contributed by atoms with Gasteiger partial charge in [0.2, 0.25) is 0 Å². The van der Waals surface area contributed by atoms with E-state index in [-0.39, 0.29) is 0 Å². The molecule has 0 heterocycles. The highest BCUT2D eigenvalue weighted by atomic mass is 35.5. The van der Waals surface area contributed by atoms with Crippen LogP contribution in [0.1, 0.15) is 5.56 Å². The van der Waals surface area contributed by atoms with E-state index in [1.807, 2.05) is 6.07 Å². The van der Waals surface area contributed by atoms with Gasteiger partial charge in [0.1, 0.15) is 5.82 Å². The largest absolute Gasteiger partial charge is 0.206 e. The van der Waals surface area contributed by atoms with Crippen molar-refractivity contribution in [3.05, 3.63) is 57.8 Å². The summed E-state index contributed by atoms with van der Waals surface area (Å²) in [6.45, 7) is 0. The smallest absolute Gasteiger partial charge is 0.132 e. The lowest BCUT2D eigenvalue weighted by molar-refractivity contribution is 0.631. The molecular formula is C13H6Cl2FN. The van der Waals surface area contributed by atoms with E-state index in [0.29, 0.717) is 26.7 Å². The highest BCUT2D eigenvalue weighted by molar-refractivity contribution is 6.33. The molecule has 1 nitrogen and oxygen atoms in total. The minimum atomic E-state index is -0.441. The Labute approximate surface area is 108 Å². The molecule has 0 atom stereocenters. The second-order valence-corrected chi connectivity index (χ2v) is 4.27. The standard InChI is InChI=1S/C13H6Cl2FN/c14-9-2-4-11(13(16)6-9)10-3-1-8(7-17)5-12(10)15/h1-6H. The Morgan fingerprint density at radius 2 is 1.71 bits per heavy atom. The van der Waals surface area contributed by atoms with E-state index in [4.69, 9.17) is 28.5 Å². The van der Waals surface area contributed by atoms with Gasteiger partial charge in [0.15, 0.2) is 0 Å². The summed E-state index contributed by atoms with van der Waals surface area (Å²) in [6.07, 6.45) is 0. The quantitative estimate of drug-likeness (QED) is 0.735. The lowest BCUT2D eigenvalue weighted by Gasteiger charge is -2.06. The molecule has 84 valence electrons. The van der Waals surface area contributed by atoms with Gasteiger partial charge in [-0.3, -0.25) is 0 Å². The molecular weight excluding hydrogens is 260 g/mol. The van der Waals surface area contributed by atoms with E-state index in [0.717, 1.165) is 0 Å². The monoisotopic (exact) mass is 265 g/mol. The molecule has 0 aliphatic carbocycles. The zero-order valence-electron chi connectivity index (χ0n) is 8.55. The van der Waals surface area contributed by atoms with Crippen LogP contribution < -0.4 is 0 Å². The van der Waals surface area contributed by atoms with Crippen molar-refractivity contribution in [1.82, 2.24) is 0 Å². The summed E-state index contributed by atoms with van der Waals surface area (Å²) in [6, 6.07) is 11.1. The van der Waals surface area contributed by atoms with Crippen molar-refractivity contribution >= 4 is 23.2 Å². The molecule has 2 rings (SSSR count). The SMILES string of the molecule is N#Cc1ccc(-c2ccc(Cl)cc2F)c(Cl)c1. The molecule has 0 aliphatic heterocycles. The molecule has 2 aromatic rings. The number of benzene rings is 2. The summed E-state index contributed by atoms with van der Waals surface area (Å²) in [5.74, 6) is -0.441. The Bertz CT molecular complexity index is 617. The van der Waals surface area contributed by atoms with Crippen molar-refractivity contribution in [2.75, 3.05) is 0 Å². The maximum absolute atomic E-state index is 13.7. The lowest BCUT2D eigenvalue weighted by Crippen LogP contribution is -1.86. The van der Waals surface area contributed by atoms with Crippen LogP contribution in [0.5, 0.6) is 0 Å². The predicted octanol–water partition coefficient (Wildman–Crippen LogP) is 4.67. The lowest BCUT2D eigenvalue weighted by atomic mass is 10.0. The molecule has 0 fully saturated rings. The Balaban J connectivity index is 2.58. The van der Waals surface area contributed by atoms with Crippen LogP contribution in [0, 0.1) is 17.1 Å². The van der Waals surface area contributed by atoms with E-state index < -0.39 is 5.82 Å². The van der Waals surface area contributed by atoms with Crippen LogP contribution in [0.15, 0.2) is 36.4 Å². The van der Waals surface area contributed by atoms with Gasteiger partial charge in [0.05, 0.1) is 11.6 Å². The molecule has 0 bridgehead atoms. The second kappa shape index (κ2) is 4.75. The Kier molecular flexibility index (Phi) is 3.33. The van der Waals surface area contributed by atoms with Crippen LogP contribution in [-0.4, -0.2) is 0 Å². The third-order valence-corrected chi connectivity index (χ3v) is 2.87. The minimum absolute atomic E-state index is 0.330. The first-order valence-electron chi connectivity index (χ1n) is 4.77. The first kappa shape index (κ1) is 11.9. The molecule has 0 aromatic heterocycles. The van der Waals surface area contributed by atoms with E-state index in [9.17, 15) is 4.39 Å². The molecule has 2 aromatic carbocycles. The number of hydrogen-bond donors (Lipinski definition) is 0. The van der Waals surface area contributed by atoms with Crippen molar-refractivity contribution in [2.45, 2.75) is 0 Å². The highest BCUT2D eigenvalue weighted by Crippen LogP contribution is 2.31. The molecule has 0 spiro atoms. The maximum atomic E-state index is 13.7. The number of nitriles is 1. The third kappa shape index (κ3) is 2.41. The molecule has 0 radical (unpaired) electrons. The van der Waals surface area contributed by atoms with Crippen LogP contribution in [-0.2, 0) is 0 Å². The van der Waals surface area contributed by atoms with Crippen LogP contribution in [0.4, 0.5) is 4.39 Å². The molecule has 17 heavy (non-hydrogen) atoms. The van der Waals surface area contributed by atoms with E-state index in [1.54, 1.807) is 24.3 Å². The van der Waals surface area contributed by atoms with Gasteiger partial charge in [0.25, 0.3) is 0 Å². The Hall–Kier alpha value is -1.56. The number of halogens is 3. The minimum Gasteiger partial charge on any atom is -0.206 e. The molecule has 0 saturated heterocycles. The molecule has 4 heteroatoms. The predicted molar refractivity (Wildman–Crippen MR) is 66.6 cm³/mol. The van der Waals surface area contributed by atoms with Crippen LogP contribution in [0.25, 0.3) is 11.1 Å². The van der Waals surface area contributed by atoms with Crippen molar-refractivity contribution in [3.63, 3.8) is 0 Å². The topological polar surface area (TPSA) is 23.8 Å². The Morgan fingerprint density at radius 1 is 1.00 bits per heavy atom. The van der Waals surface area contributed by atoms with E-state index in [1.165, 1.54) is 12.1 Å². The average molecular weight is 266 g/mol. The van der Waals surface area contributed by atoms with Crippen molar-refractivity contribution in [1.29, 1.82) is 5.26 Å². The van der Waals surface area contributed by atoms with Crippen LogP contribution in [0.3, 0.4) is 0 Å². The maximum Gasteiger partial charge on any atom is 0.132 e. The molecule has 0 N–H and O–H groups in total. The number of rotatable bonds is 1. The Morgan fingerprint density at radius 3 is 2.29 bits per heavy atom. The summed E-state index contributed by atoms with van der Waals surface area (Å²) < 4.78 is 13.7. The van der Waals surface area contributed by atoms with Gasteiger partial charge in [0, 0.05) is 21.2 Å². The summed E-state index contributed by atoms with van der Waals surface area (Å²) in [7, 11) is 0. The first-order valence-corrected chi connectivity index (χ1v) is 5.52. The second-order valence-electron chi connectivity index (χ2n) is 3.43. The first-order chi connectivity index (χ1) is 8.11. The van der Waals surface area contributed by atoms with Gasteiger partial charge in [-0.15, -0.1) is 0 Å². The van der Waals surface area contributed by atoms with Crippen LogP contribution >= 0.6 is 23.2 Å². The fourth-order valence-electron chi connectivity index (χ4n) is 1.51. The van der Waals surface area contributed by atoms with Gasteiger partial charge in [-0.2, -0.15) is 5.26 Å². The summed E-state index contributed by atoms with van der Waals surface area (Å²) in [5, 5.41) is 9.38. The van der Waals surface area contributed by atoms with Crippen molar-refractivity contribution in [3.8, 4) is 17.2 Å². The summed E-state index contributed by atoms with van der Waals surface area (Å²) in [4.78, 5) is 0.